The van der Waals surface area contributed by atoms with Crippen molar-refractivity contribution in [2.24, 2.45) is 4.99 Å². The number of sulfone groups is 1. The van der Waals surface area contributed by atoms with Crippen molar-refractivity contribution in [3.63, 3.8) is 0 Å². The minimum atomic E-state index is -3.21. The molecule has 0 radical (unpaired) electrons. The molecule has 0 unspecified atom stereocenters. The minimum absolute atomic E-state index is 0.325. The smallest absolute Gasteiger partial charge is 0.183 e. The Morgan fingerprint density at radius 3 is 2.67 bits per heavy atom. The van der Waals surface area contributed by atoms with Crippen LogP contribution in [0, 0.1) is 0 Å². The third kappa shape index (κ3) is 5.14. The van der Waals surface area contributed by atoms with Crippen LogP contribution in [0.5, 0.6) is 0 Å². The molecule has 30 heavy (non-hydrogen) atoms. The standard InChI is InChI=1S/C21H24N4O2S3/c1-3-15-13-28-21(23-15)24-16-6-4-14(5-7-16)10-11-22-20-25-18-9-8-17(30(2,26)27)12-19(18)29-20/h4-9,12,15H,3,10-11,13H2,1-2H3,(H,22,25)(H,23,24)/t15-/m1/s1. The summed E-state index contributed by atoms with van der Waals surface area (Å²) in [5.74, 6) is 1.06. The van der Waals surface area contributed by atoms with E-state index in [1.165, 1.54) is 23.2 Å². The van der Waals surface area contributed by atoms with Crippen molar-refractivity contribution in [3.8, 4) is 0 Å². The number of nitrogens with one attached hydrogen (secondary N) is 2. The maximum Gasteiger partial charge on any atom is 0.183 e. The van der Waals surface area contributed by atoms with Crippen LogP contribution in [-0.2, 0) is 16.3 Å². The molecule has 0 spiro atoms. The van der Waals surface area contributed by atoms with Gasteiger partial charge in [-0.3, -0.25) is 4.99 Å². The molecular weight excluding hydrogens is 436 g/mol. The first-order valence-electron chi connectivity index (χ1n) is 9.82. The summed E-state index contributed by atoms with van der Waals surface area (Å²) in [4.78, 5) is 9.53. The minimum Gasteiger partial charge on any atom is -0.361 e. The molecule has 0 aliphatic carbocycles. The van der Waals surface area contributed by atoms with Gasteiger partial charge in [0.2, 0.25) is 0 Å². The van der Waals surface area contributed by atoms with E-state index < -0.39 is 9.84 Å². The molecule has 2 heterocycles. The number of amidine groups is 1. The van der Waals surface area contributed by atoms with E-state index in [4.69, 9.17) is 0 Å². The lowest BCUT2D eigenvalue weighted by Gasteiger charge is -2.07. The zero-order chi connectivity index (χ0) is 21.1. The van der Waals surface area contributed by atoms with Crippen molar-refractivity contribution in [1.29, 1.82) is 0 Å². The predicted octanol–water partition coefficient (Wildman–Crippen LogP) is 4.65. The highest BCUT2D eigenvalue weighted by Crippen LogP contribution is 2.28. The van der Waals surface area contributed by atoms with Crippen molar-refractivity contribution in [2.45, 2.75) is 30.7 Å². The lowest BCUT2D eigenvalue weighted by molar-refractivity contribution is 0.602. The van der Waals surface area contributed by atoms with E-state index in [1.54, 1.807) is 30.0 Å². The summed E-state index contributed by atoms with van der Waals surface area (Å²) < 4.78 is 24.3. The fourth-order valence-electron chi connectivity index (χ4n) is 3.10. The number of anilines is 2. The number of thiazole rings is 1. The van der Waals surface area contributed by atoms with Gasteiger partial charge >= 0.3 is 0 Å². The highest BCUT2D eigenvalue weighted by molar-refractivity contribution is 8.14. The summed E-state index contributed by atoms with van der Waals surface area (Å²) in [7, 11) is -3.21. The first-order chi connectivity index (χ1) is 14.4. The summed E-state index contributed by atoms with van der Waals surface area (Å²) in [5, 5.41) is 8.54. The van der Waals surface area contributed by atoms with Gasteiger partial charge in [0.15, 0.2) is 20.1 Å². The average molecular weight is 461 g/mol. The molecule has 3 aromatic rings. The van der Waals surface area contributed by atoms with Crippen LogP contribution in [0.25, 0.3) is 10.2 Å². The Labute approximate surface area is 185 Å². The van der Waals surface area contributed by atoms with Crippen molar-refractivity contribution in [3.05, 3.63) is 48.0 Å². The van der Waals surface area contributed by atoms with Crippen molar-refractivity contribution in [2.75, 3.05) is 29.2 Å². The second-order valence-electron chi connectivity index (χ2n) is 7.23. The summed E-state index contributed by atoms with van der Waals surface area (Å²) in [5.41, 5.74) is 3.10. The SMILES string of the molecule is CC[C@@H]1CSC(Nc2ccc(CCNc3nc4ccc(S(C)(=O)=O)cc4s3)cc2)=N1. The molecule has 1 aliphatic heterocycles. The maximum absolute atomic E-state index is 11.7. The number of aliphatic imine (C=N–C) groups is 1. The highest BCUT2D eigenvalue weighted by atomic mass is 32.2. The number of rotatable bonds is 7. The number of fused-ring (bicyclic) bond motifs is 1. The predicted molar refractivity (Wildman–Crippen MR) is 129 cm³/mol. The Hall–Kier alpha value is -2.10. The van der Waals surface area contributed by atoms with Crippen LogP contribution in [-0.4, -0.2) is 43.2 Å². The third-order valence-electron chi connectivity index (χ3n) is 4.87. The van der Waals surface area contributed by atoms with Crippen LogP contribution in [0.3, 0.4) is 0 Å². The molecule has 1 atom stereocenters. The second kappa shape index (κ2) is 8.95. The number of aromatic nitrogens is 1. The van der Waals surface area contributed by atoms with Crippen LogP contribution < -0.4 is 10.6 Å². The van der Waals surface area contributed by atoms with E-state index in [-0.39, 0.29) is 0 Å². The fraction of sp³-hybridized carbons (Fsp3) is 0.333. The molecule has 0 bridgehead atoms. The molecule has 4 rings (SSSR count). The Bertz CT molecular complexity index is 1170. The molecule has 6 nitrogen and oxygen atoms in total. The molecule has 1 aliphatic rings. The molecule has 0 saturated heterocycles. The number of hydrogen-bond acceptors (Lipinski definition) is 8. The fourth-order valence-corrected chi connectivity index (χ4v) is 5.82. The zero-order valence-electron chi connectivity index (χ0n) is 16.9. The topological polar surface area (TPSA) is 83.5 Å². The number of thioether (sulfide) groups is 1. The van der Waals surface area contributed by atoms with Gasteiger partial charge in [-0.05, 0) is 48.7 Å². The largest absolute Gasteiger partial charge is 0.361 e. The van der Waals surface area contributed by atoms with Crippen molar-refractivity contribution in [1.82, 2.24) is 4.98 Å². The summed E-state index contributed by atoms with van der Waals surface area (Å²) >= 11 is 3.25. The first-order valence-corrected chi connectivity index (χ1v) is 13.5. The summed E-state index contributed by atoms with van der Waals surface area (Å²) in [6.45, 7) is 2.92. The zero-order valence-corrected chi connectivity index (χ0v) is 19.3. The van der Waals surface area contributed by atoms with E-state index in [9.17, 15) is 8.42 Å². The molecule has 0 fully saturated rings. The van der Waals surface area contributed by atoms with Crippen LogP contribution in [0.2, 0.25) is 0 Å². The molecule has 9 heteroatoms. The Balaban J connectivity index is 1.32. The van der Waals surface area contributed by atoms with E-state index in [2.05, 4.69) is 51.8 Å². The quantitative estimate of drug-likeness (QED) is 0.534. The number of nitrogens with zero attached hydrogens (tertiary/aromatic N) is 2. The van der Waals surface area contributed by atoms with Gasteiger partial charge in [0.25, 0.3) is 0 Å². The Morgan fingerprint density at radius 2 is 1.97 bits per heavy atom. The molecule has 2 N–H and O–H groups in total. The normalized spacial score (nSPS) is 16.6. The number of hydrogen-bond donors (Lipinski definition) is 2. The maximum atomic E-state index is 11.7. The first kappa shape index (κ1) is 21.1. The lowest BCUT2D eigenvalue weighted by Crippen LogP contribution is -2.06. The van der Waals surface area contributed by atoms with Gasteiger partial charge in [-0.1, -0.05) is 42.2 Å². The van der Waals surface area contributed by atoms with Gasteiger partial charge in [0, 0.05) is 24.2 Å². The monoisotopic (exact) mass is 460 g/mol. The van der Waals surface area contributed by atoms with Gasteiger partial charge in [-0.15, -0.1) is 0 Å². The molecule has 1 aromatic heterocycles. The van der Waals surface area contributed by atoms with Gasteiger partial charge < -0.3 is 10.6 Å². The van der Waals surface area contributed by atoms with Crippen LogP contribution >= 0.6 is 23.1 Å². The molecule has 0 amide bonds. The summed E-state index contributed by atoms with van der Waals surface area (Å²) in [6, 6.07) is 13.9. The van der Waals surface area contributed by atoms with Crippen LogP contribution in [0.1, 0.15) is 18.9 Å². The summed E-state index contributed by atoms with van der Waals surface area (Å²) in [6.07, 6.45) is 3.17. The van der Waals surface area contributed by atoms with Gasteiger partial charge in [-0.2, -0.15) is 0 Å². The van der Waals surface area contributed by atoms with E-state index in [0.717, 1.165) is 51.3 Å². The van der Waals surface area contributed by atoms with E-state index in [0.29, 0.717) is 10.9 Å². The molecule has 0 saturated carbocycles. The van der Waals surface area contributed by atoms with Crippen LogP contribution in [0.15, 0.2) is 52.4 Å². The van der Waals surface area contributed by atoms with Gasteiger partial charge in [0.1, 0.15) is 0 Å². The van der Waals surface area contributed by atoms with E-state index in [1.807, 2.05) is 0 Å². The Kier molecular flexibility index (Phi) is 6.31. The lowest BCUT2D eigenvalue weighted by atomic mass is 10.1. The Morgan fingerprint density at radius 1 is 1.17 bits per heavy atom. The van der Waals surface area contributed by atoms with Crippen molar-refractivity contribution >= 4 is 59.1 Å². The highest BCUT2D eigenvalue weighted by Gasteiger charge is 2.16. The molecular formula is C21H24N4O2S3. The van der Waals surface area contributed by atoms with Crippen molar-refractivity contribution < 1.29 is 8.42 Å². The third-order valence-corrected chi connectivity index (χ3v) is 7.99. The van der Waals surface area contributed by atoms with Crippen LogP contribution in [0.4, 0.5) is 10.8 Å². The van der Waals surface area contributed by atoms with E-state index >= 15 is 0 Å². The average Bonchev–Trinajstić information content (AvgIpc) is 3.34. The number of benzene rings is 2. The van der Waals surface area contributed by atoms with Gasteiger partial charge in [0.05, 0.1) is 21.2 Å². The molecule has 2 aromatic carbocycles. The van der Waals surface area contributed by atoms with Gasteiger partial charge in [-0.25, -0.2) is 13.4 Å². The second-order valence-corrected chi connectivity index (χ2v) is 11.3. The molecule has 158 valence electrons.